The maximum Gasteiger partial charge on any atom is 0.169 e. The number of nitrogen functional groups attached to an aromatic ring is 1. The zero-order valence-corrected chi connectivity index (χ0v) is 23.0. The SMILES string of the molecule is CC1C2CCC(C2)C1NCC#Cc1cc(N2C3CCC2CN(c2cc(-c4ccccc4O)nnc2N)C3)ccn1. The number of rotatable bonds is 5. The van der Waals surface area contributed by atoms with Crippen molar-refractivity contribution in [1.82, 2.24) is 20.5 Å². The molecular formula is C32H37N7O. The second kappa shape index (κ2) is 10.3. The average molecular weight is 536 g/mol. The van der Waals surface area contributed by atoms with Crippen LogP contribution in [0.15, 0.2) is 48.7 Å². The molecule has 4 fully saturated rings. The number of hydrogen-bond donors (Lipinski definition) is 3. The molecule has 4 heterocycles. The minimum atomic E-state index is 0.185. The fourth-order valence-electron chi connectivity index (χ4n) is 7.87. The largest absolute Gasteiger partial charge is 0.507 e. The van der Waals surface area contributed by atoms with Crippen LogP contribution >= 0.6 is 0 Å². The highest BCUT2D eigenvalue weighted by Gasteiger charge is 2.44. The van der Waals surface area contributed by atoms with E-state index in [1.807, 2.05) is 24.4 Å². The number of piperazine rings is 1. The number of anilines is 3. The van der Waals surface area contributed by atoms with Crippen LogP contribution in [0.4, 0.5) is 17.2 Å². The molecule has 2 aliphatic carbocycles. The molecule has 4 N–H and O–H groups in total. The van der Waals surface area contributed by atoms with E-state index in [0.717, 1.165) is 61.6 Å². The van der Waals surface area contributed by atoms with Gasteiger partial charge in [0.1, 0.15) is 11.4 Å². The summed E-state index contributed by atoms with van der Waals surface area (Å²) in [6, 6.07) is 14.8. The van der Waals surface area contributed by atoms with Crippen molar-refractivity contribution in [3.8, 4) is 28.8 Å². The number of aromatic hydroxyl groups is 1. The van der Waals surface area contributed by atoms with Gasteiger partial charge in [-0.25, -0.2) is 4.98 Å². The van der Waals surface area contributed by atoms with E-state index in [4.69, 9.17) is 5.73 Å². The zero-order chi connectivity index (χ0) is 27.2. The van der Waals surface area contributed by atoms with Crippen molar-refractivity contribution in [3.63, 3.8) is 0 Å². The first-order valence-electron chi connectivity index (χ1n) is 14.7. The van der Waals surface area contributed by atoms with Gasteiger partial charge in [0.25, 0.3) is 0 Å². The van der Waals surface area contributed by atoms with Crippen LogP contribution in [-0.2, 0) is 0 Å². The fourth-order valence-corrected chi connectivity index (χ4v) is 7.87. The third-order valence-electron chi connectivity index (χ3n) is 9.82. The second-order valence-electron chi connectivity index (χ2n) is 12.0. The molecule has 7 rings (SSSR count). The number of nitrogens with two attached hydrogens (primary N) is 1. The molecule has 0 radical (unpaired) electrons. The Morgan fingerprint density at radius 3 is 2.60 bits per heavy atom. The molecule has 8 nitrogen and oxygen atoms in total. The van der Waals surface area contributed by atoms with Gasteiger partial charge in [0.05, 0.1) is 17.9 Å². The van der Waals surface area contributed by atoms with Crippen molar-refractivity contribution in [2.24, 2.45) is 17.8 Å². The van der Waals surface area contributed by atoms with Gasteiger partial charge in [0, 0.05) is 48.7 Å². The summed E-state index contributed by atoms with van der Waals surface area (Å²) in [7, 11) is 0. The van der Waals surface area contributed by atoms with E-state index < -0.39 is 0 Å². The van der Waals surface area contributed by atoms with E-state index >= 15 is 0 Å². The molecule has 1 aromatic carbocycles. The summed E-state index contributed by atoms with van der Waals surface area (Å²) in [4.78, 5) is 9.44. The molecule has 40 heavy (non-hydrogen) atoms. The van der Waals surface area contributed by atoms with E-state index in [1.165, 1.54) is 24.9 Å². The highest BCUT2D eigenvalue weighted by molar-refractivity contribution is 5.74. The summed E-state index contributed by atoms with van der Waals surface area (Å²) in [5.74, 6) is 9.78. The van der Waals surface area contributed by atoms with Crippen molar-refractivity contribution < 1.29 is 5.11 Å². The van der Waals surface area contributed by atoms with Gasteiger partial charge >= 0.3 is 0 Å². The van der Waals surface area contributed by atoms with Gasteiger partial charge in [-0.3, -0.25) is 0 Å². The van der Waals surface area contributed by atoms with Gasteiger partial charge in [-0.1, -0.05) is 25.0 Å². The van der Waals surface area contributed by atoms with E-state index in [0.29, 0.717) is 35.2 Å². The predicted molar refractivity (Wildman–Crippen MR) is 158 cm³/mol. The number of aromatic nitrogens is 3. The molecule has 4 bridgehead atoms. The third-order valence-corrected chi connectivity index (χ3v) is 9.82. The topological polar surface area (TPSA) is 103 Å². The predicted octanol–water partition coefficient (Wildman–Crippen LogP) is 4.06. The van der Waals surface area contributed by atoms with Crippen LogP contribution in [-0.4, -0.2) is 58.0 Å². The van der Waals surface area contributed by atoms with Gasteiger partial charge < -0.3 is 26.0 Å². The van der Waals surface area contributed by atoms with Gasteiger partial charge in [0.15, 0.2) is 5.82 Å². The second-order valence-corrected chi connectivity index (χ2v) is 12.0. The molecule has 2 saturated carbocycles. The number of phenols is 1. The Morgan fingerprint density at radius 1 is 1.02 bits per heavy atom. The monoisotopic (exact) mass is 535 g/mol. The number of pyridine rings is 1. The molecule has 3 aromatic rings. The Bertz CT molecular complexity index is 1450. The van der Waals surface area contributed by atoms with Crippen molar-refractivity contribution in [1.29, 1.82) is 0 Å². The number of nitrogens with one attached hydrogen (secondary N) is 1. The normalized spacial score (nSPS) is 28.5. The Hall–Kier alpha value is -3.83. The Balaban J connectivity index is 1.04. The lowest BCUT2D eigenvalue weighted by atomic mass is 9.86. The lowest BCUT2D eigenvalue weighted by Crippen LogP contribution is -2.54. The first-order valence-corrected chi connectivity index (χ1v) is 14.7. The molecule has 2 aliphatic heterocycles. The molecule has 8 heteroatoms. The summed E-state index contributed by atoms with van der Waals surface area (Å²) >= 11 is 0. The van der Waals surface area contributed by atoms with Gasteiger partial charge in [0.2, 0.25) is 0 Å². The van der Waals surface area contributed by atoms with Crippen LogP contribution in [0.5, 0.6) is 5.75 Å². The van der Waals surface area contributed by atoms with Crippen LogP contribution in [0.1, 0.15) is 44.7 Å². The first kappa shape index (κ1) is 25.2. The maximum atomic E-state index is 10.3. The molecule has 2 saturated heterocycles. The van der Waals surface area contributed by atoms with E-state index in [1.54, 1.807) is 12.1 Å². The summed E-state index contributed by atoms with van der Waals surface area (Å²) < 4.78 is 0. The lowest BCUT2D eigenvalue weighted by molar-refractivity contribution is 0.272. The first-order chi connectivity index (χ1) is 19.5. The highest BCUT2D eigenvalue weighted by atomic mass is 16.3. The zero-order valence-electron chi connectivity index (χ0n) is 23.0. The van der Waals surface area contributed by atoms with Crippen LogP contribution < -0.4 is 20.9 Å². The van der Waals surface area contributed by atoms with Gasteiger partial charge in [-0.05, 0) is 86.1 Å². The third kappa shape index (κ3) is 4.52. The molecule has 206 valence electrons. The average Bonchev–Trinajstić information content (AvgIpc) is 3.64. The van der Waals surface area contributed by atoms with Crippen molar-refractivity contribution >= 4 is 17.2 Å². The van der Waals surface area contributed by atoms with Gasteiger partial charge in [-0.15, -0.1) is 10.2 Å². The lowest BCUT2D eigenvalue weighted by Gasteiger charge is -2.43. The summed E-state index contributed by atoms with van der Waals surface area (Å²) in [5, 5.41) is 22.6. The quantitative estimate of drug-likeness (QED) is 0.421. The maximum absolute atomic E-state index is 10.3. The Labute approximate surface area is 236 Å². The highest BCUT2D eigenvalue weighted by Crippen LogP contribution is 2.48. The molecule has 4 aliphatic rings. The Kier molecular flexibility index (Phi) is 6.47. The minimum absolute atomic E-state index is 0.185. The smallest absolute Gasteiger partial charge is 0.169 e. The molecule has 0 amide bonds. The standard InChI is InChI=1S/C32H37N7O/c1-20-21-8-9-22(15-21)31(20)35-13-4-5-23-16-24(12-14-34-23)39-25-10-11-26(39)19-38(18-25)29-17-28(36-37-32(29)33)27-6-2-3-7-30(27)40/h2-3,6-7,12,14,16-17,20-22,25-26,31,35,40H,8-11,13,15,18-19H2,1H3,(H2,33,37). The van der Waals surface area contributed by atoms with Crippen LogP contribution in [0.3, 0.4) is 0 Å². The van der Waals surface area contributed by atoms with Crippen molar-refractivity contribution in [2.75, 3.05) is 35.2 Å². The van der Waals surface area contributed by atoms with E-state index in [-0.39, 0.29) is 5.75 Å². The van der Waals surface area contributed by atoms with Gasteiger partial charge in [-0.2, -0.15) is 0 Å². The molecule has 6 atom stereocenters. The minimum Gasteiger partial charge on any atom is -0.507 e. The number of nitrogens with zero attached hydrogens (tertiary/aromatic N) is 5. The molecule has 0 spiro atoms. The fraction of sp³-hybridized carbons (Fsp3) is 0.469. The number of benzene rings is 1. The summed E-state index contributed by atoms with van der Waals surface area (Å²) in [6.07, 6.45) is 8.32. The number of fused-ring (bicyclic) bond motifs is 4. The summed E-state index contributed by atoms with van der Waals surface area (Å²) in [6.45, 7) is 4.82. The van der Waals surface area contributed by atoms with E-state index in [9.17, 15) is 5.11 Å². The van der Waals surface area contributed by atoms with Crippen LogP contribution in [0, 0.1) is 29.6 Å². The number of phenolic OH excluding ortho intramolecular Hbond substituents is 1. The van der Waals surface area contributed by atoms with E-state index in [2.05, 4.69) is 61.2 Å². The molecule has 6 unspecified atom stereocenters. The van der Waals surface area contributed by atoms with Crippen LogP contribution in [0.25, 0.3) is 11.3 Å². The summed E-state index contributed by atoms with van der Waals surface area (Å²) in [5.41, 5.74) is 10.5. The van der Waals surface area contributed by atoms with Crippen molar-refractivity contribution in [3.05, 3.63) is 54.4 Å². The molecule has 2 aromatic heterocycles. The Morgan fingerprint density at radius 2 is 1.82 bits per heavy atom. The molecular weight excluding hydrogens is 498 g/mol. The van der Waals surface area contributed by atoms with Crippen molar-refractivity contribution in [2.45, 2.75) is 57.2 Å². The number of para-hydroxylation sites is 1. The van der Waals surface area contributed by atoms with Crippen LogP contribution in [0.2, 0.25) is 0 Å². The number of hydrogen-bond acceptors (Lipinski definition) is 8.